The summed E-state index contributed by atoms with van der Waals surface area (Å²) in [5, 5.41) is 16.0. The largest absolute Gasteiger partial charge is 0.388 e. The number of hydrogen-bond acceptors (Lipinski definition) is 4. The number of aromatic nitrogens is 1. The number of rotatable bonds is 6. The third-order valence-corrected chi connectivity index (χ3v) is 4.49. The zero-order valence-electron chi connectivity index (χ0n) is 10.7. The minimum Gasteiger partial charge on any atom is -0.388 e. The van der Waals surface area contributed by atoms with Crippen molar-refractivity contribution >= 4 is 11.3 Å². The van der Waals surface area contributed by atoms with Gasteiger partial charge in [0.1, 0.15) is 0 Å². The van der Waals surface area contributed by atoms with Crippen molar-refractivity contribution in [1.82, 2.24) is 10.3 Å². The zero-order valence-corrected chi connectivity index (χ0v) is 11.6. The zero-order chi connectivity index (χ0) is 13.1. The Balaban J connectivity index is 1.57. The molecule has 3 rings (SSSR count). The molecule has 100 valence electrons. The number of aliphatic hydroxyl groups excluding tert-OH is 1. The molecule has 1 aromatic heterocycles. The third-order valence-electron chi connectivity index (χ3n) is 3.85. The lowest BCUT2D eigenvalue weighted by Crippen LogP contribution is -2.28. The summed E-state index contributed by atoms with van der Waals surface area (Å²) < 4.78 is 0. The van der Waals surface area contributed by atoms with Gasteiger partial charge in [0.15, 0.2) is 0 Å². The van der Waals surface area contributed by atoms with Crippen LogP contribution in [-0.4, -0.2) is 16.6 Å². The summed E-state index contributed by atoms with van der Waals surface area (Å²) in [6.45, 7) is 1.63. The van der Waals surface area contributed by atoms with Crippen molar-refractivity contribution in [2.75, 3.05) is 6.54 Å². The van der Waals surface area contributed by atoms with Crippen molar-refractivity contribution in [2.45, 2.75) is 25.5 Å². The Hall–Kier alpha value is -1.23. The Morgan fingerprint density at radius 1 is 1.32 bits per heavy atom. The van der Waals surface area contributed by atoms with Crippen LogP contribution in [0.25, 0.3) is 0 Å². The Labute approximate surface area is 117 Å². The number of thiazole rings is 1. The van der Waals surface area contributed by atoms with Gasteiger partial charge in [-0.3, -0.25) is 0 Å². The smallest absolute Gasteiger partial charge is 0.0858 e. The highest BCUT2D eigenvalue weighted by molar-refractivity contribution is 7.07. The van der Waals surface area contributed by atoms with E-state index in [1.165, 1.54) is 0 Å². The normalized spacial score (nSPS) is 18.2. The van der Waals surface area contributed by atoms with E-state index in [9.17, 15) is 5.11 Å². The van der Waals surface area contributed by atoms with Crippen LogP contribution in [0.15, 0.2) is 41.2 Å². The van der Waals surface area contributed by atoms with E-state index in [1.807, 2.05) is 35.8 Å². The first-order chi connectivity index (χ1) is 9.30. The van der Waals surface area contributed by atoms with E-state index in [0.29, 0.717) is 0 Å². The van der Waals surface area contributed by atoms with Crippen LogP contribution < -0.4 is 5.32 Å². The molecule has 1 atom stereocenters. The lowest BCUT2D eigenvalue weighted by atomic mass is 9.92. The summed E-state index contributed by atoms with van der Waals surface area (Å²) >= 11 is 1.62. The van der Waals surface area contributed by atoms with E-state index in [0.717, 1.165) is 37.2 Å². The molecule has 1 aromatic carbocycles. The second-order valence-electron chi connectivity index (χ2n) is 5.26. The van der Waals surface area contributed by atoms with Crippen molar-refractivity contribution in [1.29, 1.82) is 0 Å². The highest BCUT2D eigenvalue weighted by atomic mass is 32.1. The van der Waals surface area contributed by atoms with Gasteiger partial charge >= 0.3 is 0 Å². The van der Waals surface area contributed by atoms with E-state index >= 15 is 0 Å². The first-order valence-electron chi connectivity index (χ1n) is 6.61. The van der Waals surface area contributed by atoms with E-state index in [1.54, 1.807) is 11.3 Å². The van der Waals surface area contributed by atoms with Gasteiger partial charge in [-0.1, -0.05) is 30.3 Å². The summed E-state index contributed by atoms with van der Waals surface area (Å²) in [4.78, 5) is 4.25. The number of benzene rings is 1. The second kappa shape index (κ2) is 5.41. The maximum atomic E-state index is 10.5. The molecule has 0 spiro atoms. The molecule has 1 fully saturated rings. The van der Waals surface area contributed by atoms with Crippen LogP contribution in [0.1, 0.15) is 30.2 Å². The van der Waals surface area contributed by atoms with E-state index in [2.05, 4.69) is 15.7 Å². The van der Waals surface area contributed by atoms with Crippen LogP contribution in [-0.2, 0) is 6.54 Å². The number of nitrogens with one attached hydrogen (secondary N) is 1. The van der Waals surface area contributed by atoms with Gasteiger partial charge in [0.25, 0.3) is 0 Å². The number of hydrogen-bond donors (Lipinski definition) is 2. The molecule has 1 aliphatic carbocycles. The molecule has 3 nitrogen and oxygen atoms in total. The highest BCUT2D eigenvalue weighted by Gasteiger charge is 2.48. The van der Waals surface area contributed by atoms with Gasteiger partial charge in [0.05, 0.1) is 17.3 Å². The SMILES string of the molecule is OC(c1ccccc1)C1(CNCc2cscn2)CC1. The molecule has 1 saturated carbocycles. The highest BCUT2D eigenvalue weighted by Crippen LogP contribution is 2.54. The van der Waals surface area contributed by atoms with E-state index in [-0.39, 0.29) is 11.5 Å². The Kier molecular flexibility index (Phi) is 3.64. The fraction of sp³-hybridized carbons (Fsp3) is 0.400. The molecule has 1 aliphatic rings. The molecular formula is C15H18N2OS. The topological polar surface area (TPSA) is 45.1 Å². The molecule has 19 heavy (non-hydrogen) atoms. The van der Waals surface area contributed by atoms with Crippen molar-refractivity contribution in [2.24, 2.45) is 5.41 Å². The minimum atomic E-state index is -0.364. The first-order valence-corrected chi connectivity index (χ1v) is 7.55. The molecule has 1 unspecified atom stereocenters. The van der Waals surface area contributed by atoms with Crippen LogP contribution >= 0.6 is 11.3 Å². The summed E-state index contributed by atoms with van der Waals surface area (Å²) in [5.74, 6) is 0. The summed E-state index contributed by atoms with van der Waals surface area (Å²) in [5.41, 5.74) is 3.98. The molecule has 2 N–H and O–H groups in total. The molecule has 2 aromatic rings. The van der Waals surface area contributed by atoms with Crippen LogP contribution in [0, 0.1) is 5.41 Å². The molecular weight excluding hydrogens is 256 g/mol. The van der Waals surface area contributed by atoms with Gasteiger partial charge in [-0.25, -0.2) is 4.98 Å². The van der Waals surface area contributed by atoms with Crippen molar-refractivity contribution in [3.8, 4) is 0 Å². The van der Waals surface area contributed by atoms with Crippen LogP contribution in [0.3, 0.4) is 0 Å². The number of aliphatic hydroxyl groups is 1. The molecule has 0 saturated heterocycles. The first kappa shape index (κ1) is 12.8. The average molecular weight is 274 g/mol. The summed E-state index contributed by atoms with van der Waals surface area (Å²) in [6.07, 6.45) is 1.82. The third kappa shape index (κ3) is 2.86. The molecule has 0 amide bonds. The Bertz CT molecular complexity index is 508. The minimum absolute atomic E-state index is 0.0252. The molecule has 4 heteroatoms. The molecule has 0 bridgehead atoms. The fourth-order valence-electron chi connectivity index (χ4n) is 2.46. The maximum Gasteiger partial charge on any atom is 0.0858 e. The van der Waals surface area contributed by atoms with Gasteiger partial charge in [-0.2, -0.15) is 0 Å². The quantitative estimate of drug-likeness (QED) is 0.851. The van der Waals surface area contributed by atoms with Gasteiger partial charge in [0, 0.05) is 23.9 Å². The van der Waals surface area contributed by atoms with Crippen molar-refractivity contribution in [3.05, 3.63) is 52.5 Å². The van der Waals surface area contributed by atoms with Gasteiger partial charge in [-0.05, 0) is 18.4 Å². The van der Waals surface area contributed by atoms with Crippen LogP contribution in [0.4, 0.5) is 0 Å². The van der Waals surface area contributed by atoms with Crippen molar-refractivity contribution in [3.63, 3.8) is 0 Å². The molecule has 0 radical (unpaired) electrons. The van der Waals surface area contributed by atoms with Crippen LogP contribution in [0.2, 0.25) is 0 Å². The fourth-order valence-corrected chi connectivity index (χ4v) is 3.02. The molecule has 1 heterocycles. The van der Waals surface area contributed by atoms with Gasteiger partial charge < -0.3 is 10.4 Å². The second-order valence-corrected chi connectivity index (χ2v) is 5.98. The van der Waals surface area contributed by atoms with Crippen LogP contribution in [0.5, 0.6) is 0 Å². The lowest BCUT2D eigenvalue weighted by Gasteiger charge is -2.23. The van der Waals surface area contributed by atoms with Gasteiger partial charge in [0.2, 0.25) is 0 Å². The van der Waals surface area contributed by atoms with Gasteiger partial charge in [-0.15, -0.1) is 11.3 Å². The molecule has 0 aliphatic heterocycles. The Morgan fingerprint density at radius 3 is 2.74 bits per heavy atom. The average Bonchev–Trinajstić information content (AvgIpc) is 3.06. The monoisotopic (exact) mass is 274 g/mol. The predicted molar refractivity (Wildman–Crippen MR) is 76.9 cm³/mol. The lowest BCUT2D eigenvalue weighted by molar-refractivity contribution is 0.0917. The number of nitrogens with zero attached hydrogens (tertiary/aromatic N) is 1. The summed E-state index contributed by atoms with van der Waals surface area (Å²) in [7, 11) is 0. The van der Waals surface area contributed by atoms with Crippen molar-refractivity contribution < 1.29 is 5.11 Å². The summed E-state index contributed by atoms with van der Waals surface area (Å²) in [6, 6.07) is 9.96. The standard InChI is InChI=1S/C15H18N2OS/c18-14(12-4-2-1-3-5-12)15(6-7-15)10-16-8-13-9-19-11-17-13/h1-5,9,11,14,16,18H,6-8,10H2. The maximum absolute atomic E-state index is 10.5. The Morgan fingerprint density at radius 2 is 2.11 bits per heavy atom. The predicted octanol–water partition coefficient (Wildman–Crippen LogP) is 2.75. The van der Waals surface area contributed by atoms with E-state index in [4.69, 9.17) is 0 Å². The van der Waals surface area contributed by atoms with E-state index < -0.39 is 0 Å².